The number of rotatable bonds is 2. The average Bonchev–Trinajstić information content (AvgIpc) is 3.40. The summed E-state index contributed by atoms with van der Waals surface area (Å²) in [5.74, 6) is -0.189. The van der Waals surface area contributed by atoms with E-state index in [0.29, 0.717) is 31.3 Å². The molecular weight excluding hydrogens is 507 g/mol. The molecule has 1 aromatic carbocycles. The van der Waals surface area contributed by atoms with Gasteiger partial charge in [-0.2, -0.15) is 23.4 Å². The van der Waals surface area contributed by atoms with Gasteiger partial charge in [-0.05, 0) is 86.7 Å². The second-order valence-electron chi connectivity index (χ2n) is 12.5. The first-order valence-corrected chi connectivity index (χ1v) is 13.6. The van der Waals surface area contributed by atoms with Gasteiger partial charge in [0.1, 0.15) is 6.10 Å². The summed E-state index contributed by atoms with van der Waals surface area (Å²) in [5.41, 5.74) is -0.301. The Labute approximate surface area is 224 Å². The Kier molecular flexibility index (Phi) is 5.20. The lowest BCUT2D eigenvalue weighted by Gasteiger charge is -2.57. The molecule has 2 aliphatic heterocycles. The minimum atomic E-state index is -4.56. The largest absolute Gasteiger partial charge is 0.413 e. The van der Waals surface area contributed by atoms with E-state index in [0.717, 1.165) is 22.0 Å². The standard InChI is InChI=1S/C30H32F3N3O3/c1-27-14-21(30(31,32)33)19-13-20-25(37)26(38)23(36(2)3)15-28(20)9-10-29(19,39-28)24(27)7-5-18(27)16-4-6-22-17(12-16)8-11-34-35-22/h4-6,8,11-13,23-26,37-38H,7,9-10,14-15H2,1-3H3/t23-,24?,25+,26+,27+,28+,29+/m0/s1. The van der Waals surface area contributed by atoms with Crippen LogP contribution in [0.25, 0.3) is 16.5 Å². The summed E-state index contributed by atoms with van der Waals surface area (Å²) < 4.78 is 51.6. The fourth-order valence-corrected chi connectivity index (χ4v) is 8.53. The highest BCUT2D eigenvalue weighted by Gasteiger charge is 2.69. The molecule has 1 saturated carbocycles. The summed E-state index contributed by atoms with van der Waals surface area (Å²) in [4.78, 5) is 1.87. The summed E-state index contributed by atoms with van der Waals surface area (Å²) in [6, 6.07) is 7.28. The monoisotopic (exact) mass is 539 g/mol. The van der Waals surface area contributed by atoms with E-state index in [-0.39, 0.29) is 24.0 Å². The van der Waals surface area contributed by atoms with Crippen molar-refractivity contribution in [1.82, 2.24) is 15.1 Å². The number of halogens is 3. The van der Waals surface area contributed by atoms with Gasteiger partial charge in [0.05, 0.1) is 29.0 Å². The first-order valence-electron chi connectivity index (χ1n) is 13.6. The predicted molar refractivity (Wildman–Crippen MR) is 139 cm³/mol. The van der Waals surface area contributed by atoms with Crippen LogP contribution >= 0.6 is 0 Å². The highest BCUT2D eigenvalue weighted by Crippen LogP contribution is 2.70. The number of alkyl halides is 3. The third-order valence-electron chi connectivity index (χ3n) is 10.3. The van der Waals surface area contributed by atoms with Crippen LogP contribution < -0.4 is 0 Å². The molecule has 2 bridgehead atoms. The van der Waals surface area contributed by atoms with Crippen LogP contribution in [0.15, 0.2) is 59.3 Å². The Morgan fingerprint density at radius 3 is 2.67 bits per heavy atom. The SMILES string of the molecule is CN(C)[C@H]1C[C@@]23CC[C@@]4(O2)C(=C(C(F)(F)F)C[C@]2(C)C(c5ccc6nnccc6c5)=CCC24)C=C3[C@@H](O)[C@@H]1O. The molecule has 2 spiro atoms. The van der Waals surface area contributed by atoms with E-state index < -0.39 is 40.6 Å². The van der Waals surface area contributed by atoms with Gasteiger partial charge in [0.15, 0.2) is 0 Å². The molecule has 0 radical (unpaired) electrons. The number of ether oxygens (including phenoxy) is 1. The molecule has 1 aromatic heterocycles. The number of benzene rings is 1. The van der Waals surface area contributed by atoms with E-state index in [2.05, 4.69) is 16.3 Å². The first-order chi connectivity index (χ1) is 18.4. The second kappa shape index (κ2) is 8.00. The highest BCUT2D eigenvalue weighted by molar-refractivity contribution is 5.85. The predicted octanol–water partition coefficient (Wildman–Crippen LogP) is 4.59. The minimum Gasteiger partial charge on any atom is -0.388 e. The van der Waals surface area contributed by atoms with Gasteiger partial charge in [-0.15, -0.1) is 0 Å². The van der Waals surface area contributed by atoms with Crippen molar-refractivity contribution in [1.29, 1.82) is 0 Å². The number of aliphatic hydroxyl groups excluding tert-OH is 2. The van der Waals surface area contributed by atoms with Crippen LogP contribution in [0.1, 0.15) is 44.6 Å². The summed E-state index contributed by atoms with van der Waals surface area (Å²) in [6.45, 7) is 1.96. The molecule has 2 fully saturated rings. The smallest absolute Gasteiger partial charge is 0.388 e. The van der Waals surface area contributed by atoms with Gasteiger partial charge >= 0.3 is 6.18 Å². The van der Waals surface area contributed by atoms with Crippen molar-refractivity contribution in [2.75, 3.05) is 14.1 Å². The molecule has 2 aromatic rings. The van der Waals surface area contributed by atoms with E-state index in [9.17, 15) is 23.4 Å². The highest BCUT2D eigenvalue weighted by atomic mass is 19.4. The Morgan fingerprint density at radius 1 is 1.13 bits per heavy atom. The number of nitrogens with zero attached hydrogens (tertiary/aromatic N) is 3. The van der Waals surface area contributed by atoms with E-state index in [1.165, 1.54) is 0 Å². The average molecular weight is 540 g/mol. The molecule has 1 unspecified atom stereocenters. The van der Waals surface area contributed by atoms with Crippen LogP contribution in [0.4, 0.5) is 13.2 Å². The Morgan fingerprint density at radius 2 is 1.92 bits per heavy atom. The normalized spacial score (nSPS) is 39.4. The van der Waals surface area contributed by atoms with E-state index in [1.807, 2.05) is 50.2 Å². The molecule has 2 N–H and O–H groups in total. The quantitative estimate of drug-likeness (QED) is 0.582. The Hall–Kier alpha value is -2.59. The molecular formula is C30H32F3N3O3. The summed E-state index contributed by atoms with van der Waals surface area (Å²) in [5, 5.41) is 31.0. The maximum Gasteiger partial charge on any atom is 0.413 e. The number of aliphatic hydroxyl groups is 2. The number of hydrogen-bond acceptors (Lipinski definition) is 6. The maximum absolute atomic E-state index is 14.9. The lowest BCUT2D eigenvalue weighted by molar-refractivity contribution is -0.170. The zero-order valence-corrected chi connectivity index (χ0v) is 22.2. The van der Waals surface area contributed by atoms with Crippen molar-refractivity contribution in [3.8, 4) is 0 Å². The van der Waals surface area contributed by atoms with Crippen molar-refractivity contribution in [3.63, 3.8) is 0 Å². The van der Waals surface area contributed by atoms with E-state index >= 15 is 0 Å². The van der Waals surface area contributed by atoms with Crippen LogP contribution in [-0.4, -0.2) is 75.0 Å². The number of hydrogen-bond donors (Lipinski definition) is 2. The van der Waals surface area contributed by atoms with Crippen LogP contribution in [0.3, 0.4) is 0 Å². The fourth-order valence-electron chi connectivity index (χ4n) is 8.53. The number of fused-ring (bicyclic) bond motifs is 2. The summed E-state index contributed by atoms with van der Waals surface area (Å²) in [7, 11) is 3.68. The molecule has 206 valence electrons. The van der Waals surface area contributed by atoms with Gasteiger partial charge in [0.2, 0.25) is 0 Å². The third-order valence-corrected chi connectivity index (χ3v) is 10.3. The maximum atomic E-state index is 14.9. The van der Waals surface area contributed by atoms with Gasteiger partial charge in [0, 0.05) is 28.3 Å². The van der Waals surface area contributed by atoms with Crippen molar-refractivity contribution in [2.24, 2.45) is 11.3 Å². The third kappa shape index (κ3) is 3.30. The Bertz CT molecular complexity index is 1480. The minimum absolute atomic E-state index is 0.151. The zero-order valence-electron chi connectivity index (χ0n) is 22.2. The number of allylic oxidation sites excluding steroid dienone is 3. The van der Waals surface area contributed by atoms with E-state index in [1.54, 1.807) is 12.3 Å². The van der Waals surface area contributed by atoms with E-state index in [4.69, 9.17) is 4.74 Å². The molecule has 7 atom stereocenters. The molecule has 39 heavy (non-hydrogen) atoms. The summed E-state index contributed by atoms with van der Waals surface area (Å²) in [6.07, 6.45) is 0.150. The van der Waals surface area contributed by atoms with Crippen LogP contribution in [-0.2, 0) is 4.74 Å². The van der Waals surface area contributed by atoms with Gasteiger partial charge in [-0.1, -0.05) is 25.1 Å². The van der Waals surface area contributed by atoms with Crippen LogP contribution in [0.5, 0.6) is 0 Å². The van der Waals surface area contributed by atoms with Gasteiger partial charge in [0.25, 0.3) is 0 Å². The van der Waals surface area contributed by atoms with Crippen molar-refractivity contribution in [2.45, 2.75) is 74.7 Å². The van der Waals surface area contributed by atoms with Crippen molar-refractivity contribution in [3.05, 3.63) is 64.9 Å². The fraction of sp³-hybridized carbons (Fsp3) is 0.533. The lowest BCUT2D eigenvalue weighted by Crippen LogP contribution is -2.62. The molecule has 9 heteroatoms. The van der Waals surface area contributed by atoms with Crippen LogP contribution in [0.2, 0.25) is 0 Å². The second-order valence-corrected chi connectivity index (χ2v) is 12.5. The molecule has 7 rings (SSSR count). The van der Waals surface area contributed by atoms with Gasteiger partial charge < -0.3 is 19.8 Å². The van der Waals surface area contributed by atoms with Crippen molar-refractivity contribution < 1.29 is 28.1 Å². The zero-order chi connectivity index (χ0) is 27.5. The lowest BCUT2D eigenvalue weighted by atomic mass is 9.56. The molecule has 0 amide bonds. The number of likely N-dealkylation sites (N-methyl/N-ethyl adjacent to an activating group) is 1. The molecule has 1 saturated heterocycles. The molecule has 3 aliphatic carbocycles. The topological polar surface area (TPSA) is 78.7 Å². The summed E-state index contributed by atoms with van der Waals surface area (Å²) >= 11 is 0. The van der Waals surface area contributed by atoms with Crippen molar-refractivity contribution >= 4 is 16.5 Å². The first kappa shape index (κ1) is 25.4. The van der Waals surface area contributed by atoms with Gasteiger partial charge in [-0.25, -0.2) is 0 Å². The Balaban J connectivity index is 1.39. The molecule has 3 heterocycles. The van der Waals surface area contributed by atoms with Gasteiger partial charge in [-0.3, -0.25) is 0 Å². The molecule has 6 nitrogen and oxygen atoms in total. The van der Waals surface area contributed by atoms with Crippen LogP contribution in [0, 0.1) is 11.3 Å². The number of aromatic nitrogens is 2. The molecule has 5 aliphatic rings.